The Kier molecular flexibility index (Phi) is 6.76. The van der Waals surface area contributed by atoms with E-state index in [0.717, 1.165) is 38.8 Å². The minimum absolute atomic E-state index is 0.514. The van der Waals surface area contributed by atoms with E-state index >= 15 is 0 Å². The van der Waals surface area contributed by atoms with Crippen molar-refractivity contribution in [2.75, 3.05) is 0 Å². The molecule has 0 amide bonds. The van der Waals surface area contributed by atoms with Crippen LogP contribution < -0.4 is 0 Å². The summed E-state index contributed by atoms with van der Waals surface area (Å²) >= 11 is 0. The van der Waals surface area contributed by atoms with Crippen molar-refractivity contribution in [3.63, 3.8) is 0 Å². The van der Waals surface area contributed by atoms with Crippen LogP contribution in [0.2, 0.25) is 0 Å². The molecule has 0 radical (unpaired) electrons. The fourth-order valence-electron chi connectivity index (χ4n) is 11.2. The number of fused-ring (bicyclic) bond motifs is 19. The van der Waals surface area contributed by atoms with E-state index in [1.165, 1.54) is 88.2 Å². The molecule has 0 fully saturated rings. The average molecular weight is 786 g/mol. The number of aromatic nitrogens is 3. The van der Waals surface area contributed by atoms with E-state index < -0.39 is 5.41 Å². The molecule has 3 heteroatoms. The van der Waals surface area contributed by atoms with E-state index in [1.54, 1.807) is 0 Å². The normalized spacial score (nSPS) is 13.3. The Balaban J connectivity index is 0.959. The largest absolute Gasteiger partial charge is 0.309 e. The van der Waals surface area contributed by atoms with Gasteiger partial charge in [-0.25, -0.2) is 4.98 Å². The van der Waals surface area contributed by atoms with Crippen molar-refractivity contribution >= 4 is 54.4 Å². The standard InChI is InChI=1S/C59H35N3/c1-3-19-48-40(13-1)41-14-2-4-20-49(41)58-57(48)60-35-54(61-58)38-28-32-45-44-31-27-37(33-52(44)59(53(45)34-38)50-21-9-5-15-42(50)43-16-6-10-22-51(43)59)36-25-29-39(30-26-36)62-55-23-11-7-17-46(55)47-18-8-12-24-56(47)62/h1-35H. The Bertz CT molecular complexity index is 3740. The lowest BCUT2D eigenvalue weighted by molar-refractivity contribution is 0.794. The van der Waals surface area contributed by atoms with Gasteiger partial charge in [-0.15, -0.1) is 0 Å². The molecule has 3 nitrogen and oxygen atoms in total. The molecule has 62 heavy (non-hydrogen) atoms. The van der Waals surface area contributed by atoms with Crippen molar-refractivity contribution in [1.82, 2.24) is 14.5 Å². The summed E-state index contributed by atoms with van der Waals surface area (Å²) < 4.78 is 2.39. The summed E-state index contributed by atoms with van der Waals surface area (Å²) in [5.74, 6) is 0. The monoisotopic (exact) mass is 785 g/mol. The number of hydrogen-bond acceptors (Lipinski definition) is 2. The molecule has 2 aliphatic rings. The topological polar surface area (TPSA) is 30.7 Å². The first kappa shape index (κ1) is 33.7. The quantitative estimate of drug-likeness (QED) is 0.167. The third-order valence-electron chi connectivity index (χ3n) is 13.9. The summed E-state index contributed by atoms with van der Waals surface area (Å²) in [5, 5.41) is 7.18. The van der Waals surface area contributed by atoms with Gasteiger partial charge in [0.25, 0.3) is 0 Å². The van der Waals surface area contributed by atoms with Gasteiger partial charge in [-0.1, -0.05) is 170 Å². The Morgan fingerprint density at radius 1 is 0.339 bits per heavy atom. The second kappa shape index (κ2) is 12.4. The molecule has 2 aromatic heterocycles. The molecule has 14 rings (SSSR count). The predicted molar refractivity (Wildman–Crippen MR) is 256 cm³/mol. The number of rotatable bonds is 3. The van der Waals surface area contributed by atoms with Crippen LogP contribution in [0.25, 0.3) is 105 Å². The maximum Gasteiger partial charge on any atom is 0.0979 e. The second-order valence-corrected chi connectivity index (χ2v) is 16.8. The van der Waals surface area contributed by atoms with Gasteiger partial charge >= 0.3 is 0 Å². The summed E-state index contributed by atoms with van der Waals surface area (Å²) in [5.41, 5.74) is 19.6. The van der Waals surface area contributed by atoms with Crippen molar-refractivity contribution < 1.29 is 0 Å². The van der Waals surface area contributed by atoms with Crippen LogP contribution in [-0.2, 0) is 5.41 Å². The van der Waals surface area contributed by atoms with Gasteiger partial charge in [0.15, 0.2) is 0 Å². The number of hydrogen-bond donors (Lipinski definition) is 0. The predicted octanol–water partition coefficient (Wildman–Crippen LogP) is 14.7. The third kappa shape index (κ3) is 4.39. The fourth-order valence-corrected chi connectivity index (χ4v) is 11.2. The smallest absolute Gasteiger partial charge is 0.0979 e. The molecule has 12 aromatic rings. The molecule has 2 aliphatic carbocycles. The lowest BCUT2D eigenvalue weighted by atomic mass is 9.70. The van der Waals surface area contributed by atoms with Crippen LogP contribution in [0.1, 0.15) is 22.3 Å². The highest BCUT2D eigenvalue weighted by molar-refractivity contribution is 6.23. The van der Waals surface area contributed by atoms with E-state index in [1.807, 2.05) is 6.20 Å². The van der Waals surface area contributed by atoms with Crippen LogP contribution in [0.3, 0.4) is 0 Å². The highest BCUT2D eigenvalue weighted by atomic mass is 15.0. The van der Waals surface area contributed by atoms with E-state index in [9.17, 15) is 0 Å². The van der Waals surface area contributed by atoms with E-state index in [-0.39, 0.29) is 0 Å². The minimum Gasteiger partial charge on any atom is -0.309 e. The van der Waals surface area contributed by atoms with Gasteiger partial charge < -0.3 is 4.57 Å². The lowest BCUT2D eigenvalue weighted by Gasteiger charge is -2.31. The van der Waals surface area contributed by atoms with Crippen molar-refractivity contribution in [2.24, 2.45) is 0 Å². The van der Waals surface area contributed by atoms with Gasteiger partial charge in [0.05, 0.1) is 39.4 Å². The molecular formula is C59H35N3. The Hall–Kier alpha value is -8.14. The third-order valence-corrected chi connectivity index (χ3v) is 13.9. The van der Waals surface area contributed by atoms with Crippen molar-refractivity contribution in [2.45, 2.75) is 5.41 Å². The minimum atomic E-state index is -0.514. The number of benzene rings is 10. The summed E-state index contributed by atoms with van der Waals surface area (Å²) in [7, 11) is 0. The molecule has 10 aromatic carbocycles. The lowest BCUT2D eigenvalue weighted by Crippen LogP contribution is -2.26. The highest BCUT2D eigenvalue weighted by Gasteiger charge is 2.51. The highest BCUT2D eigenvalue weighted by Crippen LogP contribution is 2.63. The first-order chi connectivity index (χ1) is 30.8. The summed E-state index contributed by atoms with van der Waals surface area (Å²) in [6.07, 6.45) is 1.97. The van der Waals surface area contributed by atoms with Crippen LogP contribution >= 0.6 is 0 Å². The molecule has 286 valence electrons. The number of nitrogens with zero attached hydrogens (tertiary/aromatic N) is 3. The van der Waals surface area contributed by atoms with Crippen molar-refractivity contribution in [3.8, 4) is 50.3 Å². The van der Waals surface area contributed by atoms with Crippen molar-refractivity contribution in [3.05, 3.63) is 235 Å². The molecule has 0 atom stereocenters. The van der Waals surface area contributed by atoms with E-state index in [0.29, 0.717) is 0 Å². The summed E-state index contributed by atoms with van der Waals surface area (Å²) in [6, 6.07) is 75.8. The first-order valence-electron chi connectivity index (χ1n) is 21.4. The van der Waals surface area contributed by atoms with Crippen molar-refractivity contribution in [1.29, 1.82) is 0 Å². The zero-order chi connectivity index (χ0) is 40.5. The Morgan fingerprint density at radius 2 is 0.790 bits per heavy atom. The zero-order valence-corrected chi connectivity index (χ0v) is 33.5. The van der Waals surface area contributed by atoms with Crippen LogP contribution in [0.15, 0.2) is 212 Å². The van der Waals surface area contributed by atoms with Gasteiger partial charge in [0.1, 0.15) is 0 Å². The van der Waals surface area contributed by atoms with Gasteiger partial charge in [0.2, 0.25) is 0 Å². The first-order valence-corrected chi connectivity index (χ1v) is 21.4. The van der Waals surface area contributed by atoms with Crippen LogP contribution in [0.5, 0.6) is 0 Å². The van der Waals surface area contributed by atoms with Gasteiger partial charge in [-0.3, -0.25) is 4.98 Å². The van der Waals surface area contributed by atoms with Crippen LogP contribution in [-0.4, -0.2) is 14.5 Å². The molecular weight excluding hydrogens is 751 g/mol. The maximum atomic E-state index is 5.45. The molecule has 0 bridgehead atoms. The maximum absolute atomic E-state index is 5.45. The average Bonchev–Trinajstić information content (AvgIpc) is 3.95. The molecule has 2 heterocycles. The van der Waals surface area contributed by atoms with Crippen LogP contribution in [0.4, 0.5) is 0 Å². The molecule has 1 spiro atoms. The van der Waals surface area contributed by atoms with Gasteiger partial charge in [-0.2, -0.15) is 0 Å². The zero-order valence-electron chi connectivity index (χ0n) is 33.5. The molecule has 0 N–H and O–H groups in total. The van der Waals surface area contributed by atoms with E-state index in [4.69, 9.17) is 9.97 Å². The molecule has 0 aliphatic heterocycles. The Labute approximate surface area is 357 Å². The van der Waals surface area contributed by atoms with E-state index in [2.05, 4.69) is 211 Å². The van der Waals surface area contributed by atoms with Gasteiger partial charge in [0, 0.05) is 32.8 Å². The fraction of sp³-hybridized carbons (Fsp3) is 0.0169. The Morgan fingerprint density at radius 3 is 1.40 bits per heavy atom. The SMILES string of the molecule is c1ccc2c(c1)-c1ccccc1C21c2cc(-c3ccc(-n4c5ccccc5c5ccccc54)cc3)ccc2-c2ccc(-c3cnc4c5ccccc5c5ccccc5c4n3)cc21. The second-order valence-electron chi connectivity index (χ2n) is 16.8. The van der Waals surface area contributed by atoms with Crippen LogP contribution in [0, 0.1) is 0 Å². The number of para-hydroxylation sites is 2. The molecule has 0 saturated carbocycles. The van der Waals surface area contributed by atoms with Gasteiger partial charge in [-0.05, 0) is 103 Å². The molecule has 0 unspecified atom stereocenters. The molecule has 0 saturated heterocycles. The summed E-state index contributed by atoms with van der Waals surface area (Å²) in [6.45, 7) is 0. The summed E-state index contributed by atoms with van der Waals surface area (Å²) in [4.78, 5) is 10.6.